The van der Waals surface area contributed by atoms with Crippen LogP contribution in [0.4, 0.5) is 8.78 Å². The van der Waals surface area contributed by atoms with Crippen molar-refractivity contribution in [3.63, 3.8) is 0 Å². The van der Waals surface area contributed by atoms with Gasteiger partial charge >= 0.3 is 0 Å². The zero-order valence-electron chi connectivity index (χ0n) is 13.5. The topological polar surface area (TPSA) is 38.3 Å². The molecular formula is C18H19F2NO2S. The van der Waals surface area contributed by atoms with Gasteiger partial charge in [0, 0.05) is 11.4 Å². The first kappa shape index (κ1) is 18.3. The van der Waals surface area contributed by atoms with Gasteiger partial charge in [-0.25, -0.2) is 8.78 Å². The predicted octanol–water partition coefficient (Wildman–Crippen LogP) is 3.81. The molecule has 0 aliphatic heterocycles. The van der Waals surface area contributed by atoms with Crippen LogP contribution in [0.5, 0.6) is 5.75 Å². The second-order valence-electron chi connectivity index (χ2n) is 5.22. The molecule has 0 aliphatic carbocycles. The number of ether oxygens (including phenoxy) is 1. The highest BCUT2D eigenvalue weighted by molar-refractivity contribution is 8.00. The summed E-state index contributed by atoms with van der Waals surface area (Å²) >= 11 is 1.00. The third-order valence-electron chi connectivity index (χ3n) is 3.44. The van der Waals surface area contributed by atoms with Crippen LogP contribution in [0.15, 0.2) is 47.4 Å². The van der Waals surface area contributed by atoms with E-state index in [1.54, 1.807) is 14.0 Å². The van der Waals surface area contributed by atoms with Crippen molar-refractivity contribution in [3.8, 4) is 5.75 Å². The third-order valence-corrected chi connectivity index (χ3v) is 4.57. The highest BCUT2D eigenvalue weighted by Crippen LogP contribution is 2.26. The molecule has 24 heavy (non-hydrogen) atoms. The number of methoxy groups -OCH3 is 1. The summed E-state index contributed by atoms with van der Waals surface area (Å²) in [4.78, 5) is 12.2. The van der Waals surface area contributed by atoms with Gasteiger partial charge in [0.25, 0.3) is 0 Å². The number of amides is 1. The van der Waals surface area contributed by atoms with Gasteiger partial charge in [-0.1, -0.05) is 12.1 Å². The van der Waals surface area contributed by atoms with Gasteiger partial charge in [0.15, 0.2) is 0 Å². The first-order valence-corrected chi connectivity index (χ1v) is 8.40. The molecule has 0 radical (unpaired) electrons. The van der Waals surface area contributed by atoms with E-state index >= 15 is 0 Å². The standard InChI is InChI=1S/C18H19F2NO2S/c1-12(24-17-11-14(19)5-8-16(17)20)18(22)21-10-9-13-3-6-15(23-2)7-4-13/h3-8,11-12H,9-10H2,1-2H3,(H,21,22)/t12-/m1/s1. The van der Waals surface area contributed by atoms with Crippen molar-refractivity contribution in [1.82, 2.24) is 5.32 Å². The zero-order chi connectivity index (χ0) is 17.5. The van der Waals surface area contributed by atoms with E-state index in [4.69, 9.17) is 4.74 Å². The maximum Gasteiger partial charge on any atom is 0.233 e. The van der Waals surface area contributed by atoms with Crippen molar-refractivity contribution < 1.29 is 18.3 Å². The van der Waals surface area contributed by atoms with Crippen molar-refractivity contribution in [1.29, 1.82) is 0 Å². The van der Waals surface area contributed by atoms with E-state index in [-0.39, 0.29) is 10.8 Å². The van der Waals surface area contributed by atoms with Crippen molar-refractivity contribution >= 4 is 17.7 Å². The number of rotatable bonds is 7. The molecule has 6 heteroatoms. The fourth-order valence-electron chi connectivity index (χ4n) is 2.08. The Kier molecular flexibility index (Phi) is 6.61. The molecule has 2 rings (SSSR count). The lowest BCUT2D eigenvalue weighted by Gasteiger charge is -2.12. The molecule has 0 aromatic heterocycles. The Morgan fingerprint density at radius 3 is 2.58 bits per heavy atom. The van der Waals surface area contributed by atoms with Gasteiger partial charge in [0.05, 0.1) is 12.4 Å². The first-order chi connectivity index (χ1) is 11.5. The molecule has 2 aromatic carbocycles. The lowest BCUT2D eigenvalue weighted by atomic mass is 10.1. The van der Waals surface area contributed by atoms with E-state index in [1.165, 1.54) is 0 Å². The third kappa shape index (κ3) is 5.23. The summed E-state index contributed by atoms with van der Waals surface area (Å²) in [7, 11) is 1.61. The summed E-state index contributed by atoms with van der Waals surface area (Å²) < 4.78 is 31.8. The molecule has 1 amide bonds. The van der Waals surface area contributed by atoms with Crippen LogP contribution in [0, 0.1) is 11.6 Å². The average molecular weight is 351 g/mol. The van der Waals surface area contributed by atoms with Crippen LogP contribution >= 0.6 is 11.8 Å². The molecule has 0 fully saturated rings. The smallest absolute Gasteiger partial charge is 0.233 e. The van der Waals surface area contributed by atoms with E-state index < -0.39 is 16.9 Å². The van der Waals surface area contributed by atoms with Gasteiger partial charge in [-0.05, 0) is 49.2 Å². The Morgan fingerprint density at radius 2 is 1.92 bits per heavy atom. The molecule has 2 aromatic rings. The van der Waals surface area contributed by atoms with Crippen LogP contribution in [0.3, 0.4) is 0 Å². The second-order valence-corrected chi connectivity index (χ2v) is 6.61. The number of hydrogen-bond donors (Lipinski definition) is 1. The van der Waals surface area contributed by atoms with E-state index in [2.05, 4.69) is 5.32 Å². The quantitative estimate of drug-likeness (QED) is 0.771. The van der Waals surface area contributed by atoms with Crippen molar-refractivity contribution in [2.24, 2.45) is 0 Å². The van der Waals surface area contributed by atoms with Gasteiger partial charge in [-0.15, -0.1) is 11.8 Å². The van der Waals surface area contributed by atoms with Crippen LogP contribution in [0.2, 0.25) is 0 Å². The van der Waals surface area contributed by atoms with Gasteiger partial charge < -0.3 is 10.1 Å². The number of halogens is 2. The molecule has 0 bridgehead atoms. The maximum atomic E-state index is 13.6. The average Bonchev–Trinajstić information content (AvgIpc) is 2.58. The van der Waals surface area contributed by atoms with E-state index in [0.717, 1.165) is 41.3 Å². The Hall–Kier alpha value is -2.08. The molecule has 0 saturated carbocycles. The SMILES string of the molecule is COc1ccc(CCNC(=O)[C@@H](C)Sc2cc(F)ccc2F)cc1. The van der Waals surface area contributed by atoms with Crippen LogP contribution in [-0.2, 0) is 11.2 Å². The minimum absolute atomic E-state index is 0.132. The first-order valence-electron chi connectivity index (χ1n) is 7.52. The Morgan fingerprint density at radius 1 is 1.21 bits per heavy atom. The lowest BCUT2D eigenvalue weighted by Crippen LogP contribution is -2.32. The molecule has 1 atom stereocenters. The van der Waals surface area contributed by atoms with Crippen LogP contribution in [-0.4, -0.2) is 24.8 Å². The van der Waals surface area contributed by atoms with Gasteiger partial charge in [0.2, 0.25) is 5.91 Å². The predicted molar refractivity (Wildman–Crippen MR) is 91.4 cm³/mol. The summed E-state index contributed by atoms with van der Waals surface area (Å²) in [5.74, 6) is -0.479. The van der Waals surface area contributed by atoms with Crippen molar-refractivity contribution in [2.45, 2.75) is 23.5 Å². The normalized spacial score (nSPS) is 11.8. The number of carbonyl (C=O) groups is 1. The van der Waals surface area contributed by atoms with Crippen molar-refractivity contribution in [3.05, 3.63) is 59.7 Å². The maximum absolute atomic E-state index is 13.6. The number of carbonyl (C=O) groups excluding carboxylic acids is 1. The van der Waals surface area contributed by atoms with Gasteiger partial charge in [-0.2, -0.15) is 0 Å². The summed E-state index contributed by atoms with van der Waals surface area (Å²) in [5.41, 5.74) is 1.08. The highest BCUT2D eigenvalue weighted by atomic mass is 32.2. The molecular weight excluding hydrogens is 332 g/mol. The summed E-state index contributed by atoms with van der Waals surface area (Å²) in [6.45, 7) is 2.14. The Bertz CT molecular complexity index is 692. The molecule has 1 N–H and O–H groups in total. The molecule has 0 heterocycles. The summed E-state index contributed by atoms with van der Waals surface area (Å²) in [6.07, 6.45) is 0.682. The molecule has 3 nitrogen and oxygen atoms in total. The highest BCUT2D eigenvalue weighted by Gasteiger charge is 2.16. The lowest BCUT2D eigenvalue weighted by molar-refractivity contribution is -0.120. The Balaban J connectivity index is 1.81. The minimum Gasteiger partial charge on any atom is -0.497 e. The fourth-order valence-corrected chi connectivity index (χ4v) is 3.01. The molecule has 0 aliphatic rings. The largest absolute Gasteiger partial charge is 0.497 e. The summed E-state index contributed by atoms with van der Waals surface area (Å²) in [5, 5.41) is 2.29. The number of thioether (sulfide) groups is 1. The van der Waals surface area contributed by atoms with Crippen LogP contribution < -0.4 is 10.1 Å². The van der Waals surface area contributed by atoms with E-state index in [9.17, 15) is 13.6 Å². The zero-order valence-corrected chi connectivity index (χ0v) is 14.3. The molecule has 0 spiro atoms. The van der Waals surface area contributed by atoms with Crippen molar-refractivity contribution in [2.75, 3.05) is 13.7 Å². The monoisotopic (exact) mass is 351 g/mol. The van der Waals surface area contributed by atoms with Crippen LogP contribution in [0.25, 0.3) is 0 Å². The summed E-state index contributed by atoms with van der Waals surface area (Å²) in [6, 6.07) is 10.8. The molecule has 0 saturated heterocycles. The van der Waals surface area contributed by atoms with Gasteiger partial charge in [0.1, 0.15) is 17.4 Å². The Labute approximate surface area is 144 Å². The molecule has 0 unspecified atom stereocenters. The number of nitrogens with one attached hydrogen (secondary N) is 1. The van der Waals surface area contributed by atoms with Crippen LogP contribution in [0.1, 0.15) is 12.5 Å². The van der Waals surface area contributed by atoms with E-state index in [0.29, 0.717) is 13.0 Å². The number of benzene rings is 2. The minimum atomic E-state index is -0.528. The van der Waals surface area contributed by atoms with Gasteiger partial charge in [-0.3, -0.25) is 4.79 Å². The molecule has 128 valence electrons. The second kappa shape index (κ2) is 8.68. The number of hydrogen-bond acceptors (Lipinski definition) is 3. The van der Waals surface area contributed by atoms with E-state index in [1.807, 2.05) is 24.3 Å². The fraction of sp³-hybridized carbons (Fsp3) is 0.278.